The largest absolute Gasteiger partial charge is 0.505 e. The van der Waals surface area contributed by atoms with Gasteiger partial charge in [0.25, 0.3) is 0 Å². The highest BCUT2D eigenvalue weighted by atomic mass is 19.1. The van der Waals surface area contributed by atoms with Crippen LogP contribution in [0.25, 0.3) is 0 Å². The predicted molar refractivity (Wildman–Crippen MR) is 47.6 cm³/mol. The second-order valence-corrected chi connectivity index (χ2v) is 2.88. The van der Waals surface area contributed by atoms with E-state index in [1.807, 2.05) is 0 Å². The van der Waals surface area contributed by atoms with E-state index in [2.05, 4.69) is 5.32 Å². The fourth-order valence-electron chi connectivity index (χ4n) is 1.07. The van der Waals surface area contributed by atoms with E-state index in [1.165, 1.54) is 12.1 Å². The van der Waals surface area contributed by atoms with Crippen molar-refractivity contribution in [1.82, 2.24) is 5.32 Å². The van der Waals surface area contributed by atoms with Crippen molar-refractivity contribution in [1.29, 1.82) is 0 Å². The lowest BCUT2D eigenvalue weighted by Crippen LogP contribution is -2.24. The molecule has 0 saturated carbocycles. The molecule has 0 bridgehead atoms. The highest BCUT2D eigenvalue weighted by Gasteiger charge is 2.10. The molecule has 1 aromatic rings. The van der Waals surface area contributed by atoms with E-state index in [9.17, 15) is 9.18 Å². The number of carbonyl (C=O) groups is 1. The molecule has 0 spiro atoms. The summed E-state index contributed by atoms with van der Waals surface area (Å²) >= 11 is 0. The van der Waals surface area contributed by atoms with Crippen LogP contribution in [0, 0.1) is 5.82 Å². The van der Waals surface area contributed by atoms with E-state index in [-0.39, 0.29) is 0 Å². The number of hydrogen-bond donors (Lipinski definition) is 3. The number of benzene rings is 1. The van der Waals surface area contributed by atoms with Gasteiger partial charge < -0.3 is 15.5 Å². The molecule has 0 aromatic heterocycles. The van der Waals surface area contributed by atoms with Crippen LogP contribution in [0.15, 0.2) is 18.2 Å². The zero-order valence-corrected chi connectivity index (χ0v) is 7.49. The van der Waals surface area contributed by atoms with E-state index in [4.69, 9.17) is 10.2 Å². The minimum Gasteiger partial charge on any atom is -0.505 e. The minimum atomic E-state index is -1.17. The second-order valence-electron chi connectivity index (χ2n) is 2.88. The molecule has 1 amide bonds. The fourth-order valence-corrected chi connectivity index (χ4v) is 1.07. The van der Waals surface area contributed by atoms with Gasteiger partial charge in [0.2, 0.25) is 0 Å². The van der Waals surface area contributed by atoms with E-state index in [0.29, 0.717) is 5.56 Å². The van der Waals surface area contributed by atoms with Crippen molar-refractivity contribution in [2.45, 2.75) is 13.0 Å². The molecule has 0 radical (unpaired) electrons. The Hall–Kier alpha value is -1.78. The Morgan fingerprint density at radius 2 is 2.21 bits per heavy atom. The number of aromatic hydroxyl groups is 1. The molecule has 0 aliphatic carbocycles. The predicted octanol–water partition coefficient (Wildman–Crippen LogP) is 1.86. The van der Waals surface area contributed by atoms with Crippen LogP contribution in [0.3, 0.4) is 0 Å². The van der Waals surface area contributed by atoms with Crippen LogP contribution in [-0.2, 0) is 0 Å². The van der Waals surface area contributed by atoms with Crippen LogP contribution in [0.1, 0.15) is 18.5 Å². The number of halogens is 1. The third-order valence-electron chi connectivity index (χ3n) is 1.81. The van der Waals surface area contributed by atoms with Gasteiger partial charge in [-0.05, 0) is 24.6 Å². The van der Waals surface area contributed by atoms with Crippen molar-refractivity contribution in [3.8, 4) is 5.75 Å². The Balaban J connectivity index is 2.85. The Bertz CT molecular complexity index is 354. The average Bonchev–Trinajstić information content (AvgIpc) is 2.08. The Kier molecular flexibility index (Phi) is 2.91. The van der Waals surface area contributed by atoms with Gasteiger partial charge in [-0.2, -0.15) is 0 Å². The maximum atomic E-state index is 12.6. The lowest BCUT2D eigenvalue weighted by atomic mass is 10.1. The van der Waals surface area contributed by atoms with Gasteiger partial charge in [-0.25, -0.2) is 9.18 Å². The first-order valence-corrected chi connectivity index (χ1v) is 3.98. The molecular weight excluding hydrogens is 189 g/mol. The Labute approximate surface area is 80.0 Å². The number of phenols is 1. The van der Waals surface area contributed by atoms with Crippen molar-refractivity contribution in [2.24, 2.45) is 0 Å². The highest BCUT2D eigenvalue weighted by molar-refractivity contribution is 5.65. The SMILES string of the molecule is C[C@@H](NC(=O)O)c1ccc(F)c(O)c1. The summed E-state index contributed by atoms with van der Waals surface area (Å²) in [4.78, 5) is 10.3. The molecule has 0 saturated heterocycles. The summed E-state index contributed by atoms with van der Waals surface area (Å²) in [6.07, 6.45) is -1.17. The maximum absolute atomic E-state index is 12.6. The van der Waals surface area contributed by atoms with Crippen molar-refractivity contribution in [3.63, 3.8) is 0 Å². The van der Waals surface area contributed by atoms with Crippen molar-refractivity contribution in [3.05, 3.63) is 29.6 Å². The van der Waals surface area contributed by atoms with E-state index in [0.717, 1.165) is 6.07 Å². The molecule has 76 valence electrons. The van der Waals surface area contributed by atoms with Gasteiger partial charge >= 0.3 is 6.09 Å². The standard InChI is InChI=1S/C9H10FNO3/c1-5(11-9(13)14)6-2-3-7(10)8(12)4-6/h2-5,11-12H,1H3,(H,13,14)/t5-/m1/s1. The zero-order valence-electron chi connectivity index (χ0n) is 7.49. The molecule has 14 heavy (non-hydrogen) atoms. The monoisotopic (exact) mass is 199 g/mol. The van der Waals surface area contributed by atoms with Crippen LogP contribution >= 0.6 is 0 Å². The minimum absolute atomic E-state index is 0.485. The number of phenolic OH excluding ortho intramolecular Hbond substituents is 1. The van der Waals surface area contributed by atoms with E-state index < -0.39 is 23.7 Å². The number of rotatable bonds is 2. The molecule has 0 heterocycles. The van der Waals surface area contributed by atoms with Crippen LogP contribution < -0.4 is 5.32 Å². The molecule has 1 aromatic carbocycles. The van der Waals surface area contributed by atoms with E-state index >= 15 is 0 Å². The van der Waals surface area contributed by atoms with Gasteiger partial charge in [0.15, 0.2) is 11.6 Å². The number of hydrogen-bond acceptors (Lipinski definition) is 2. The Morgan fingerprint density at radius 3 is 2.71 bits per heavy atom. The van der Waals surface area contributed by atoms with Gasteiger partial charge in [-0.1, -0.05) is 6.07 Å². The zero-order chi connectivity index (χ0) is 10.7. The third-order valence-corrected chi connectivity index (χ3v) is 1.81. The fraction of sp³-hybridized carbons (Fsp3) is 0.222. The molecule has 1 rings (SSSR count). The quantitative estimate of drug-likeness (QED) is 0.680. The lowest BCUT2D eigenvalue weighted by molar-refractivity contribution is 0.191. The number of nitrogens with one attached hydrogen (secondary N) is 1. The molecule has 5 heteroatoms. The molecule has 3 N–H and O–H groups in total. The van der Waals surface area contributed by atoms with Gasteiger partial charge in [-0.3, -0.25) is 0 Å². The molecule has 0 aliphatic heterocycles. The molecule has 4 nitrogen and oxygen atoms in total. The van der Waals surface area contributed by atoms with Crippen LogP contribution in [0.5, 0.6) is 5.75 Å². The van der Waals surface area contributed by atoms with Gasteiger partial charge in [0, 0.05) is 0 Å². The summed E-state index contributed by atoms with van der Waals surface area (Å²) in [6, 6.07) is 3.20. The molecule has 1 atom stereocenters. The van der Waals surface area contributed by atoms with Crippen LogP contribution in [0.2, 0.25) is 0 Å². The van der Waals surface area contributed by atoms with Crippen molar-refractivity contribution >= 4 is 6.09 Å². The van der Waals surface area contributed by atoms with Gasteiger partial charge in [0.1, 0.15) is 0 Å². The van der Waals surface area contributed by atoms with E-state index in [1.54, 1.807) is 6.92 Å². The van der Waals surface area contributed by atoms with Crippen LogP contribution in [0.4, 0.5) is 9.18 Å². The third kappa shape index (κ3) is 2.35. The summed E-state index contributed by atoms with van der Waals surface area (Å²) in [6.45, 7) is 1.60. The topological polar surface area (TPSA) is 69.6 Å². The maximum Gasteiger partial charge on any atom is 0.405 e. The molecular formula is C9H10FNO3. The number of amides is 1. The smallest absolute Gasteiger partial charge is 0.405 e. The lowest BCUT2D eigenvalue weighted by Gasteiger charge is -2.11. The first-order chi connectivity index (χ1) is 6.50. The summed E-state index contributed by atoms with van der Waals surface area (Å²) in [5, 5.41) is 19.6. The second kappa shape index (κ2) is 3.95. The summed E-state index contributed by atoms with van der Waals surface area (Å²) < 4.78 is 12.6. The van der Waals surface area contributed by atoms with Crippen molar-refractivity contribution in [2.75, 3.05) is 0 Å². The summed E-state index contributed by atoms with van der Waals surface area (Å²) in [7, 11) is 0. The number of carboxylic acid groups (broad SMARTS) is 1. The normalized spacial score (nSPS) is 12.1. The first kappa shape index (κ1) is 10.3. The Morgan fingerprint density at radius 1 is 1.57 bits per heavy atom. The summed E-state index contributed by atoms with van der Waals surface area (Å²) in [5.41, 5.74) is 0.506. The average molecular weight is 199 g/mol. The summed E-state index contributed by atoms with van der Waals surface area (Å²) in [5.74, 6) is -1.21. The van der Waals surface area contributed by atoms with Gasteiger partial charge in [-0.15, -0.1) is 0 Å². The highest BCUT2D eigenvalue weighted by Crippen LogP contribution is 2.21. The van der Waals surface area contributed by atoms with Gasteiger partial charge in [0.05, 0.1) is 6.04 Å². The van der Waals surface area contributed by atoms with Crippen molar-refractivity contribution < 1.29 is 19.4 Å². The molecule has 0 fully saturated rings. The first-order valence-electron chi connectivity index (χ1n) is 3.98. The molecule has 0 unspecified atom stereocenters. The van der Waals surface area contributed by atoms with Crippen LogP contribution in [-0.4, -0.2) is 16.3 Å². The molecule has 0 aliphatic rings.